The van der Waals surface area contributed by atoms with Crippen LogP contribution >= 0.6 is 22.6 Å². The zero-order valence-electron chi connectivity index (χ0n) is 4.32. The van der Waals surface area contributed by atoms with Gasteiger partial charge in [-0.1, -0.05) is 6.58 Å². The van der Waals surface area contributed by atoms with Gasteiger partial charge in [0.15, 0.2) is 0 Å². The minimum atomic E-state index is -1.69. The van der Waals surface area contributed by atoms with Crippen molar-refractivity contribution < 1.29 is 4.39 Å². The maximum atomic E-state index is 12.4. The van der Waals surface area contributed by atoms with E-state index >= 15 is 0 Å². The summed E-state index contributed by atoms with van der Waals surface area (Å²) >= 11 is 1.44. The minimum absolute atomic E-state index is 0.280. The molecule has 0 rings (SSSR count). The molecule has 4 heteroatoms. The molecule has 0 aromatic carbocycles. The van der Waals surface area contributed by atoms with E-state index < -0.39 is 3.68 Å². The average Bonchev–Trinajstić information content (AvgIpc) is 1.62. The fraction of sp³-hybridized carbons (Fsp3) is 0.500. The van der Waals surface area contributed by atoms with Crippen LogP contribution in [0.25, 0.3) is 0 Å². The van der Waals surface area contributed by atoms with Gasteiger partial charge in [0.25, 0.3) is 0 Å². The van der Waals surface area contributed by atoms with E-state index in [0.717, 1.165) is 0 Å². The van der Waals surface area contributed by atoms with Crippen molar-refractivity contribution in [2.45, 2.75) is 10.6 Å². The van der Waals surface area contributed by atoms with Gasteiger partial charge < -0.3 is 0 Å². The normalized spacial score (nSPS) is 16.9. The Balaban J connectivity index is 4.02. The smallest absolute Gasteiger partial charge is 0.202 e. The van der Waals surface area contributed by atoms with Gasteiger partial charge in [-0.3, -0.25) is 0 Å². The van der Waals surface area contributed by atoms with E-state index in [4.69, 9.17) is 0 Å². The first-order chi connectivity index (χ1) is 3.48. The summed E-state index contributed by atoms with van der Waals surface area (Å²) < 4.78 is 10.7. The summed E-state index contributed by atoms with van der Waals surface area (Å²) in [5.74, 6) is 0. The lowest BCUT2D eigenvalue weighted by atomic mass is 10.4. The monoisotopic (exact) mass is 229 g/mol. The van der Waals surface area contributed by atoms with Crippen LogP contribution in [-0.2, 0) is 0 Å². The van der Waals surface area contributed by atoms with Crippen molar-refractivity contribution in [1.82, 2.24) is 0 Å². The molecular weight excluding hydrogens is 224 g/mol. The fourth-order valence-corrected chi connectivity index (χ4v) is 0.179. The highest BCUT2D eigenvalue weighted by atomic mass is 127. The maximum Gasteiger partial charge on any atom is 0.202 e. The van der Waals surface area contributed by atoms with Crippen LogP contribution in [-0.4, -0.2) is 3.68 Å². The third-order valence-electron chi connectivity index (χ3n) is 0.617. The Labute approximate surface area is 60.3 Å². The van der Waals surface area contributed by atoms with Crippen LogP contribution in [0.5, 0.6) is 0 Å². The van der Waals surface area contributed by atoms with Gasteiger partial charge in [-0.2, -0.15) is 0 Å². The molecule has 1 unspecified atom stereocenters. The summed E-state index contributed by atoms with van der Waals surface area (Å²) in [7, 11) is 0. The molecule has 0 aliphatic carbocycles. The number of hydrogen-bond acceptors (Lipinski definition) is 2. The molecule has 0 radical (unpaired) electrons. The van der Waals surface area contributed by atoms with Crippen molar-refractivity contribution >= 4 is 22.6 Å². The van der Waals surface area contributed by atoms with Crippen LogP contribution in [0, 0.1) is 4.91 Å². The molecule has 0 heterocycles. The van der Waals surface area contributed by atoms with Gasteiger partial charge in [0.05, 0.1) is 0 Å². The van der Waals surface area contributed by atoms with Gasteiger partial charge in [-0.15, -0.1) is 4.91 Å². The summed E-state index contributed by atoms with van der Waals surface area (Å²) in [5.41, 5.74) is -0.280. The first kappa shape index (κ1) is 8.00. The molecule has 0 aliphatic heterocycles. The van der Waals surface area contributed by atoms with Crippen molar-refractivity contribution in [1.29, 1.82) is 0 Å². The summed E-state index contributed by atoms with van der Waals surface area (Å²) in [6.07, 6.45) is 0. The molecule has 0 saturated heterocycles. The standard InChI is InChI=1S/C4H5FINO/c1-3(7-8)4(2,5)6/h1H2,2H3. The summed E-state index contributed by atoms with van der Waals surface area (Å²) in [5, 5.41) is 2.33. The first-order valence-corrected chi connectivity index (χ1v) is 2.97. The van der Waals surface area contributed by atoms with Crippen molar-refractivity contribution in [3.63, 3.8) is 0 Å². The van der Waals surface area contributed by atoms with E-state index in [1.165, 1.54) is 29.5 Å². The van der Waals surface area contributed by atoms with E-state index in [1.807, 2.05) is 0 Å². The lowest BCUT2D eigenvalue weighted by Crippen LogP contribution is -2.06. The summed E-state index contributed by atoms with van der Waals surface area (Å²) in [6, 6.07) is 0. The Morgan fingerprint density at radius 3 is 2.38 bits per heavy atom. The largest absolute Gasteiger partial charge is 0.226 e. The highest BCUT2D eigenvalue weighted by Crippen LogP contribution is 2.27. The number of halogens is 2. The average molecular weight is 229 g/mol. The van der Waals surface area contributed by atoms with E-state index in [-0.39, 0.29) is 5.70 Å². The zero-order valence-corrected chi connectivity index (χ0v) is 6.48. The molecule has 46 valence electrons. The van der Waals surface area contributed by atoms with Crippen LogP contribution in [0.2, 0.25) is 0 Å². The molecule has 1 atom stereocenters. The second-order valence-electron chi connectivity index (χ2n) is 1.43. The highest BCUT2D eigenvalue weighted by Gasteiger charge is 2.22. The van der Waals surface area contributed by atoms with Crippen LogP contribution in [0.15, 0.2) is 17.5 Å². The number of nitrogens with zero attached hydrogens (tertiary/aromatic N) is 1. The van der Waals surface area contributed by atoms with Crippen LogP contribution < -0.4 is 0 Å². The maximum absolute atomic E-state index is 12.4. The van der Waals surface area contributed by atoms with E-state index in [0.29, 0.717) is 0 Å². The number of nitroso groups, excluding NO2 is 1. The third kappa shape index (κ3) is 2.34. The van der Waals surface area contributed by atoms with E-state index in [9.17, 15) is 9.30 Å². The van der Waals surface area contributed by atoms with Crippen molar-refractivity contribution in [2.75, 3.05) is 0 Å². The Hall–Kier alpha value is 0. The molecule has 2 nitrogen and oxygen atoms in total. The van der Waals surface area contributed by atoms with Crippen LogP contribution in [0.3, 0.4) is 0 Å². The molecule has 0 aromatic rings. The molecule has 0 spiro atoms. The van der Waals surface area contributed by atoms with Crippen LogP contribution in [0.1, 0.15) is 6.92 Å². The second kappa shape index (κ2) is 2.52. The number of allylic oxidation sites excluding steroid dienone is 1. The Morgan fingerprint density at radius 2 is 2.38 bits per heavy atom. The molecular formula is C4H5FINO. The summed E-state index contributed by atoms with van der Waals surface area (Å²) in [6.45, 7) is 4.30. The molecule has 0 aromatic heterocycles. The van der Waals surface area contributed by atoms with Gasteiger partial charge >= 0.3 is 0 Å². The SMILES string of the molecule is C=C(N=O)C(C)(F)I. The predicted octanol–water partition coefficient (Wildman–Crippen LogP) is 2.39. The Morgan fingerprint density at radius 1 is 2.00 bits per heavy atom. The molecule has 0 fully saturated rings. The van der Waals surface area contributed by atoms with Gasteiger partial charge in [-0.25, -0.2) is 4.39 Å². The molecule has 0 bridgehead atoms. The summed E-state index contributed by atoms with van der Waals surface area (Å²) in [4.78, 5) is 9.56. The van der Waals surface area contributed by atoms with Gasteiger partial charge in [0.2, 0.25) is 3.68 Å². The van der Waals surface area contributed by atoms with Gasteiger partial charge in [0, 0.05) is 0 Å². The molecule has 0 amide bonds. The first-order valence-electron chi connectivity index (χ1n) is 1.89. The molecule has 8 heavy (non-hydrogen) atoms. The number of alkyl halides is 2. The molecule has 0 N–H and O–H groups in total. The number of rotatable bonds is 2. The van der Waals surface area contributed by atoms with E-state index in [1.54, 1.807) is 0 Å². The Kier molecular flexibility index (Phi) is 2.52. The third-order valence-corrected chi connectivity index (χ3v) is 1.24. The van der Waals surface area contributed by atoms with Crippen molar-refractivity contribution in [3.05, 3.63) is 17.2 Å². The van der Waals surface area contributed by atoms with Gasteiger partial charge in [0.1, 0.15) is 5.70 Å². The van der Waals surface area contributed by atoms with Crippen molar-refractivity contribution in [3.8, 4) is 0 Å². The highest BCUT2D eigenvalue weighted by molar-refractivity contribution is 14.1. The van der Waals surface area contributed by atoms with Crippen LogP contribution in [0.4, 0.5) is 4.39 Å². The minimum Gasteiger partial charge on any atom is -0.226 e. The number of hydrogen-bond donors (Lipinski definition) is 0. The van der Waals surface area contributed by atoms with Gasteiger partial charge in [-0.05, 0) is 34.7 Å². The fourth-order valence-electron chi connectivity index (χ4n) is 0.0801. The lowest BCUT2D eigenvalue weighted by molar-refractivity contribution is 0.388. The topological polar surface area (TPSA) is 29.4 Å². The second-order valence-corrected chi connectivity index (χ2v) is 3.45. The van der Waals surface area contributed by atoms with E-state index in [2.05, 4.69) is 11.8 Å². The zero-order chi connectivity index (χ0) is 6.78. The predicted molar refractivity (Wildman–Crippen MR) is 38.5 cm³/mol. The molecule has 0 aliphatic rings. The van der Waals surface area contributed by atoms with Crippen molar-refractivity contribution in [2.24, 2.45) is 5.18 Å². The molecule has 0 saturated carbocycles. The quantitative estimate of drug-likeness (QED) is 0.406. The lowest BCUT2D eigenvalue weighted by Gasteiger charge is -2.06. The Bertz CT molecular complexity index is 118.